The van der Waals surface area contributed by atoms with Crippen LogP contribution in [0.1, 0.15) is 51.2 Å². The van der Waals surface area contributed by atoms with Gasteiger partial charge in [0, 0.05) is 6.04 Å². The molecule has 2 heteroatoms. The van der Waals surface area contributed by atoms with Gasteiger partial charge in [-0.3, -0.25) is 0 Å². The third kappa shape index (κ3) is 3.99. The van der Waals surface area contributed by atoms with E-state index in [1.165, 1.54) is 24.0 Å². The second-order valence-corrected chi connectivity index (χ2v) is 7.05. The molecule has 1 fully saturated rings. The molecule has 2 unspecified atom stereocenters. The molecule has 2 nitrogen and oxygen atoms in total. The maximum absolute atomic E-state index is 6.36. The third-order valence-electron chi connectivity index (χ3n) is 4.28. The van der Waals surface area contributed by atoms with E-state index in [0.29, 0.717) is 11.5 Å². The van der Waals surface area contributed by atoms with Gasteiger partial charge in [-0.05, 0) is 68.3 Å². The van der Waals surface area contributed by atoms with Crippen LogP contribution >= 0.6 is 0 Å². The van der Waals surface area contributed by atoms with Gasteiger partial charge < -0.3 is 10.1 Å². The fourth-order valence-corrected chi connectivity index (χ4v) is 3.32. The Balaban J connectivity index is 2.13. The molecule has 1 aromatic rings. The third-order valence-corrected chi connectivity index (χ3v) is 4.28. The Morgan fingerprint density at radius 3 is 2.45 bits per heavy atom. The molecule has 2 rings (SSSR count). The fourth-order valence-electron chi connectivity index (χ4n) is 3.32. The van der Waals surface area contributed by atoms with Gasteiger partial charge in [-0.2, -0.15) is 0 Å². The maximum atomic E-state index is 6.36. The Labute approximate surface area is 123 Å². The van der Waals surface area contributed by atoms with E-state index in [1.807, 2.05) is 0 Å². The minimum atomic E-state index is 0.278. The minimum absolute atomic E-state index is 0.278. The Morgan fingerprint density at radius 2 is 1.85 bits per heavy atom. The number of nitrogens with one attached hydrogen (secondary N) is 1. The number of likely N-dealkylation sites (N-methyl/N-ethyl adjacent to an activating group) is 1. The lowest BCUT2D eigenvalue weighted by atomic mass is 9.74. The van der Waals surface area contributed by atoms with Gasteiger partial charge in [-0.15, -0.1) is 0 Å². The van der Waals surface area contributed by atoms with Crippen molar-refractivity contribution in [3.05, 3.63) is 29.3 Å². The van der Waals surface area contributed by atoms with Crippen LogP contribution in [0.3, 0.4) is 0 Å². The predicted molar refractivity (Wildman–Crippen MR) is 85.4 cm³/mol. The number of ether oxygens (including phenoxy) is 1. The molecule has 1 aliphatic carbocycles. The summed E-state index contributed by atoms with van der Waals surface area (Å²) in [5.74, 6) is 1.02. The van der Waals surface area contributed by atoms with E-state index in [1.54, 1.807) is 0 Å². The van der Waals surface area contributed by atoms with Gasteiger partial charge >= 0.3 is 0 Å². The van der Waals surface area contributed by atoms with E-state index in [0.717, 1.165) is 18.7 Å². The summed E-state index contributed by atoms with van der Waals surface area (Å²) in [6, 6.07) is 6.98. The van der Waals surface area contributed by atoms with Gasteiger partial charge in [0.25, 0.3) is 0 Å². The quantitative estimate of drug-likeness (QED) is 0.887. The first kappa shape index (κ1) is 15.4. The summed E-state index contributed by atoms with van der Waals surface area (Å²) in [5, 5.41) is 3.60. The number of hydrogen-bond acceptors (Lipinski definition) is 2. The Bertz CT molecular complexity index is 432. The molecule has 0 spiro atoms. The maximum Gasteiger partial charge on any atom is 0.120 e. The summed E-state index contributed by atoms with van der Waals surface area (Å²) in [6.45, 7) is 12.2. The van der Waals surface area contributed by atoms with E-state index < -0.39 is 0 Å². The minimum Gasteiger partial charge on any atom is -0.489 e. The summed E-state index contributed by atoms with van der Waals surface area (Å²) >= 11 is 0. The first-order chi connectivity index (χ1) is 9.39. The van der Waals surface area contributed by atoms with Crippen LogP contribution in [0.2, 0.25) is 0 Å². The standard InChI is InChI=1S/C18H29NO/c1-6-19-16-7-8-18(4,5)12-17(16)20-15-10-13(2)9-14(3)11-15/h9-11,16-17,19H,6-8,12H2,1-5H3. The molecular formula is C18H29NO. The Morgan fingerprint density at radius 1 is 1.20 bits per heavy atom. The predicted octanol–water partition coefficient (Wildman–Crippen LogP) is 4.24. The van der Waals surface area contributed by atoms with Crippen LogP contribution in [0, 0.1) is 19.3 Å². The highest BCUT2D eigenvalue weighted by atomic mass is 16.5. The molecule has 1 N–H and O–H groups in total. The van der Waals surface area contributed by atoms with Crippen LogP contribution in [0.5, 0.6) is 5.75 Å². The molecule has 0 bridgehead atoms. The first-order valence-electron chi connectivity index (χ1n) is 7.88. The molecule has 1 saturated carbocycles. The van der Waals surface area contributed by atoms with Crippen LogP contribution in [0.4, 0.5) is 0 Å². The van der Waals surface area contributed by atoms with E-state index in [4.69, 9.17) is 4.74 Å². The van der Waals surface area contributed by atoms with Crippen molar-refractivity contribution in [3.8, 4) is 5.75 Å². The van der Waals surface area contributed by atoms with Crippen molar-refractivity contribution < 1.29 is 4.74 Å². The first-order valence-corrected chi connectivity index (χ1v) is 7.88. The zero-order valence-electron chi connectivity index (χ0n) is 13.6. The lowest BCUT2D eigenvalue weighted by Gasteiger charge is -2.41. The van der Waals surface area contributed by atoms with Crippen LogP contribution < -0.4 is 10.1 Å². The average Bonchev–Trinajstić information content (AvgIpc) is 2.31. The number of rotatable bonds is 4. The van der Waals surface area contributed by atoms with Crippen LogP contribution in [0.15, 0.2) is 18.2 Å². The molecule has 0 radical (unpaired) electrons. The van der Waals surface area contributed by atoms with Crippen molar-refractivity contribution >= 4 is 0 Å². The lowest BCUT2D eigenvalue weighted by molar-refractivity contribution is 0.0536. The van der Waals surface area contributed by atoms with Gasteiger partial charge in [-0.1, -0.05) is 26.8 Å². The van der Waals surface area contributed by atoms with Crippen LogP contribution in [-0.2, 0) is 0 Å². The van der Waals surface area contributed by atoms with Gasteiger partial charge in [0.05, 0.1) is 0 Å². The molecule has 0 aliphatic heterocycles. The topological polar surface area (TPSA) is 21.3 Å². The van der Waals surface area contributed by atoms with E-state index >= 15 is 0 Å². The molecule has 0 saturated heterocycles. The summed E-state index contributed by atoms with van der Waals surface area (Å²) in [6.07, 6.45) is 3.88. The zero-order valence-corrected chi connectivity index (χ0v) is 13.6. The highest BCUT2D eigenvalue weighted by Gasteiger charge is 2.35. The van der Waals surface area contributed by atoms with Gasteiger partial charge in [-0.25, -0.2) is 0 Å². The number of aryl methyl sites for hydroxylation is 2. The van der Waals surface area contributed by atoms with E-state index in [9.17, 15) is 0 Å². The summed E-state index contributed by atoms with van der Waals surface area (Å²) in [5.41, 5.74) is 2.93. The van der Waals surface area contributed by atoms with E-state index in [2.05, 4.69) is 58.1 Å². The van der Waals surface area contributed by atoms with E-state index in [-0.39, 0.29) is 6.10 Å². The SMILES string of the molecule is CCNC1CCC(C)(C)CC1Oc1cc(C)cc(C)c1. The molecule has 20 heavy (non-hydrogen) atoms. The molecule has 0 heterocycles. The summed E-state index contributed by atoms with van der Waals surface area (Å²) < 4.78 is 6.36. The average molecular weight is 275 g/mol. The van der Waals surface area contributed by atoms with Gasteiger partial charge in [0.2, 0.25) is 0 Å². The molecular weight excluding hydrogens is 246 g/mol. The highest BCUT2D eigenvalue weighted by Crippen LogP contribution is 2.37. The molecule has 112 valence electrons. The highest BCUT2D eigenvalue weighted by molar-refractivity contribution is 5.33. The molecule has 0 amide bonds. The van der Waals surface area contributed by atoms with Crippen molar-refractivity contribution in [3.63, 3.8) is 0 Å². The fraction of sp³-hybridized carbons (Fsp3) is 0.667. The van der Waals surface area contributed by atoms with Crippen molar-refractivity contribution in [2.45, 2.75) is 66.0 Å². The second kappa shape index (κ2) is 6.17. The second-order valence-electron chi connectivity index (χ2n) is 7.05. The van der Waals surface area contributed by atoms with Crippen LogP contribution in [0.25, 0.3) is 0 Å². The monoisotopic (exact) mass is 275 g/mol. The van der Waals surface area contributed by atoms with Crippen molar-refractivity contribution in [2.24, 2.45) is 5.41 Å². The molecule has 2 atom stereocenters. The van der Waals surface area contributed by atoms with Crippen molar-refractivity contribution in [1.29, 1.82) is 0 Å². The summed E-state index contributed by atoms with van der Waals surface area (Å²) in [7, 11) is 0. The van der Waals surface area contributed by atoms with Crippen molar-refractivity contribution in [2.75, 3.05) is 6.54 Å². The Hall–Kier alpha value is -1.02. The summed E-state index contributed by atoms with van der Waals surface area (Å²) in [4.78, 5) is 0. The molecule has 1 aliphatic rings. The number of benzene rings is 1. The van der Waals surface area contributed by atoms with Gasteiger partial charge in [0.1, 0.15) is 11.9 Å². The van der Waals surface area contributed by atoms with Crippen molar-refractivity contribution in [1.82, 2.24) is 5.32 Å². The largest absolute Gasteiger partial charge is 0.489 e. The van der Waals surface area contributed by atoms with Gasteiger partial charge in [0.15, 0.2) is 0 Å². The molecule has 0 aromatic heterocycles. The molecule has 1 aromatic carbocycles. The zero-order chi connectivity index (χ0) is 14.8. The lowest BCUT2D eigenvalue weighted by Crippen LogP contribution is -2.49. The Kier molecular flexibility index (Phi) is 4.74. The smallest absolute Gasteiger partial charge is 0.120 e. The normalized spacial score (nSPS) is 25.4. The van der Waals surface area contributed by atoms with Crippen LogP contribution in [-0.4, -0.2) is 18.7 Å². The number of hydrogen-bond donors (Lipinski definition) is 1.